The minimum absolute atomic E-state index is 0.0784. The number of carbonyl (C=O) groups is 1. The van der Waals surface area contributed by atoms with E-state index in [0.29, 0.717) is 13.1 Å². The number of piperidine rings is 1. The molecule has 1 aliphatic heterocycles. The quantitative estimate of drug-likeness (QED) is 0.878. The van der Waals surface area contributed by atoms with Gasteiger partial charge in [-0.3, -0.25) is 9.78 Å². The van der Waals surface area contributed by atoms with E-state index < -0.39 is 5.60 Å². The molecule has 110 valence electrons. The molecule has 2 heterocycles. The predicted molar refractivity (Wildman–Crippen MR) is 77.2 cm³/mol. The molecule has 0 aromatic carbocycles. The van der Waals surface area contributed by atoms with Crippen LogP contribution >= 0.6 is 0 Å². The average molecular weight is 277 g/mol. The lowest BCUT2D eigenvalue weighted by Crippen LogP contribution is -2.55. The molecule has 1 fully saturated rings. The van der Waals surface area contributed by atoms with E-state index in [1.807, 2.05) is 30.0 Å². The normalized spacial score (nSPS) is 17.7. The molecule has 1 N–H and O–H groups in total. The molecule has 20 heavy (non-hydrogen) atoms. The fraction of sp³-hybridized carbons (Fsp3) is 0.600. The Kier molecular flexibility index (Phi) is 5.09. The number of amides is 1. The van der Waals surface area contributed by atoms with Crippen LogP contribution in [0, 0.1) is 0 Å². The first-order chi connectivity index (χ1) is 9.72. The highest BCUT2D eigenvalue weighted by Gasteiger charge is 2.42. The van der Waals surface area contributed by atoms with E-state index in [4.69, 9.17) is 4.74 Å². The van der Waals surface area contributed by atoms with Crippen molar-refractivity contribution in [2.45, 2.75) is 31.9 Å². The van der Waals surface area contributed by atoms with Gasteiger partial charge in [0.25, 0.3) is 5.91 Å². The average Bonchev–Trinajstić information content (AvgIpc) is 2.53. The summed E-state index contributed by atoms with van der Waals surface area (Å²) in [5, 5.41) is 3.27. The molecular formula is C15H23N3O2. The number of pyridine rings is 1. The molecular weight excluding hydrogens is 254 g/mol. The number of nitrogens with zero attached hydrogens (tertiary/aromatic N) is 2. The number of methoxy groups -OCH3 is 1. The minimum Gasteiger partial charge on any atom is -0.368 e. The minimum atomic E-state index is -0.671. The van der Waals surface area contributed by atoms with Gasteiger partial charge in [0.05, 0.1) is 12.2 Å². The van der Waals surface area contributed by atoms with Crippen LogP contribution in [0.4, 0.5) is 0 Å². The highest BCUT2D eigenvalue weighted by molar-refractivity contribution is 5.85. The number of rotatable bonds is 5. The van der Waals surface area contributed by atoms with Crippen LogP contribution in [-0.4, -0.2) is 48.1 Å². The van der Waals surface area contributed by atoms with Crippen LogP contribution in [0.3, 0.4) is 0 Å². The highest BCUT2D eigenvalue weighted by atomic mass is 16.5. The van der Waals surface area contributed by atoms with Crippen molar-refractivity contribution in [1.82, 2.24) is 15.2 Å². The second-order valence-electron chi connectivity index (χ2n) is 5.09. The standard InChI is InChI=1S/C15H23N3O2/c1-3-18(12-13-6-4-5-9-17-13)14(19)15(20-2)7-10-16-11-8-15/h4-6,9,16H,3,7-8,10-12H2,1-2H3. The van der Waals surface area contributed by atoms with E-state index in [-0.39, 0.29) is 5.91 Å². The maximum Gasteiger partial charge on any atom is 0.255 e. The van der Waals surface area contributed by atoms with Gasteiger partial charge in [0.1, 0.15) is 5.60 Å². The summed E-state index contributed by atoms with van der Waals surface area (Å²) in [6.07, 6.45) is 3.20. The van der Waals surface area contributed by atoms with Crippen molar-refractivity contribution >= 4 is 5.91 Å². The number of ether oxygens (including phenoxy) is 1. The van der Waals surface area contributed by atoms with Crippen LogP contribution in [0.1, 0.15) is 25.5 Å². The van der Waals surface area contributed by atoms with Crippen molar-refractivity contribution in [3.63, 3.8) is 0 Å². The molecule has 0 bridgehead atoms. The van der Waals surface area contributed by atoms with Crippen molar-refractivity contribution in [2.24, 2.45) is 0 Å². The van der Waals surface area contributed by atoms with Crippen LogP contribution in [0.15, 0.2) is 24.4 Å². The van der Waals surface area contributed by atoms with Crippen molar-refractivity contribution < 1.29 is 9.53 Å². The molecule has 1 aliphatic rings. The Morgan fingerprint density at radius 2 is 2.20 bits per heavy atom. The third kappa shape index (κ3) is 3.16. The van der Waals surface area contributed by atoms with Crippen LogP contribution < -0.4 is 5.32 Å². The van der Waals surface area contributed by atoms with Crippen LogP contribution in [0.5, 0.6) is 0 Å². The number of aromatic nitrogens is 1. The molecule has 0 aliphatic carbocycles. The zero-order valence-corrected chi connectivity index (χ0v) is 12.3. The van der Waals surface area contributed by atoms with Crippen molar-refractivity contribution in [1.29, 1.82) is 0 Å². The second kappa shape index (κ2) is 6.81. The van der Waals surface area contributed by atoms with Gasteiger partial charge in [0.15, 0.2) is 0 Å². The topological polar surface area (TPSA) is 54.5 Å². The van der Waals surface area contributed by atoms with Gasteiger partial charge < -0.3 is 15.0 Å². The SMILES string of the molecule is CCN(Cc1ccccn1)C(=O)C1(OC)CCNCC1. The molecule has 5 nitrogen and oxygen atoms in total. The van der Waals surface area contributed by atoms with Gasteiger partial charge in [0, 0.05) is 19.9 Å². The number of likely N-dealkylation sites (N-methyl/N-ethyl adjacent to an activating group) is 1. The zero-order valence-electron chi connectivity index (χ0n) is 12.3. The summed E-state index contributed by atoms with van der Waals surface area (Å²) in [6, 6.07) is 5.76. The molecule has 0 atom stereocenters. The molecule has 1 aromatic heterocycles. The molecule has 0 saturated carbocycles. The van der Waals surface area contributed by atoms with Crippen molar-refractivity contribution in [3.8, 4) is 0 Å². The van der Waals surface area contributed by atoms with Gasteiger partial charge in [-0.05, 0) is 45.0 Å². The Morgan fingerprint density at radius 1 is 1.45 bits per heavy atom. The summed E-state index contributed by atoms with van der Waals surface area (Å²) in [5.74, 6) is 0.0784. The first kappa shape index (κ1) is 14.9. The Morgan fingerprint density at radius 3 is 2.75 bits per heavy atom. The number of nitrogens with one attached hydrogen (secondary N) is 1. The second-order valence-corrected chi connectivity index (χ2v) is 5.09. The number of hydrogen-bond donors (Lipinski definition) is 1. The van der Waals surface area contributed by atoms with Gasteiger partial charge >= 0.3 is 0 Å². The fourth-order valence-corrected chi connectivity index (χ4v) is 2.64. The molecule has 0 unspecified atom stereocenters. The summed E-state index contributed by atoms with van der Waals surface area (Å²) in [5.41, 5.74) is 0.235. The van der Waals surface area contributed by atoms with E-state index in [0.717, 1.165) is 31.6 Å². The monoisotopic (exact) mass is 277 g/mol. The summed E-state index contributed by atoms with van der Waals surface area (Å²) in [6.45, 7) is 4.83. The summed E-state index contributed by atoms with van der Waals surface area (Å²) in [4.78, 5) is 19.0. The van der Waals surface area contributed by atoms with E-state index in [2.05, 4.69) is 10.3 Å². The van der Waals surface area contributed by atoms with Gasteiger partial charge in [0.2, 0.25) is 0 Å². The van der Waals surface area contributed by atoms with Gasteiger partial charge in [-0.2, -0.15) is 0 Å². The summed E-state index contributed by atoms with van der Waals surface area (Å²) in [7, 11) is 1.64. The summed E-state index contributed by atoms with van der Waals surface area (Å²) >= 11 is 0. The smallest absolute Gasteiger partial charge is 0.255 e. The Bertz CT molecular complexity index is 430. The van der Waals surface area contributed by atoms with E-state index in [1.165, 1.54) is 0 Å². The Balaban J connectivity index is 2.11. The Hall–Kier alpha value is -1.46. The molecule has 1 aromatic rings. The lowest BCUT2D eigenvalue weighted by atomic mass is 9.90. The lowest BCUT2D eigenvalue weighted by Gasteiger charge is -2.38. The van der Waals surface area contributed by atoms with Crippen LogP contribution in [-0.2, 0) is 16.1 Å². The predicted octanol–water partition coefficient (Wildman–Crippen LogP) is 1.20. The van der Waals surface area contributed by atoms with Gasteiger partial charge in [-0.15, -0.1) is 0 Å². The molecule has 1 saturated heterocycles. The third-order valence-electron chi connectivity index (χ3n) is 3.94. The van der Waals surface area contributed by atoms with Gasteiger partial charge in [-0.1, -0.05) is 6.07 Å². The fourth-order valence-electron chi connectivity index (χ4n) is 2.64. The summed E-state index contributed by atoms with van der Waals surface area (Å²) < 4.78 is 5.61. The van der Waals surface area contributed by atoms with Crippen LogP contribution in [0.2, 0.25) is 0 Å². The number of carbonyl (C=O) groups excluding carboxylic acids is 1. The highest BCUT2D eigenvalue weighted by Crippen LogP contribution is 2.25. The molecule has 5 heteroatoms. The van der Waals surface area contributed by atoms with Crippen LogP contribution in [0.25, 0.3) is 0 Å². The van der Waals surface area contributed by atoms with Crippen molar-refractivity contribution in [2.75, 3.05) is 26.7 Å². The first-order valence-electron chi connectivity index (χ1n) is 7.17. The maximum absolute atomic E-state index is 12.8. The molecule has 1 amide bonds. The lowest BCUT2D eigenvalue weighted by molar-refractivity contribution is -0.158. The molecule has 0 radical (unpaired) electrons. The Labute approximate surface area is 120 Å². The number of hydrogen-bond acceptors (Lipinski definition) is 4. The zero-order chi connectivity index (χ0) is 14.4. The van der Waals surface area contributed by atoms with E-state index in [1.54, 1.807) is 13.3 Å². The largest absolute Gasteiger partial charge is 0.368 e. The molecule has 0 spiro atoms. The van der Waals surface area contributed by atoms with E-state index >= 15 is 0 Å². The third-order valence-corrected chi connectivity index (χ3v) is 3.94. The van der Waals surface area contributed by atoms with E-state index in [9.17, 15) is 4.79 Å². The van der Waals surface area contributed by atoms with Crippen molar-refractivity contribution in [3.05, 3.63) is 30.1 Å². The van der Waals surface area contributed by atoms with Gasteiger partial charge in [-0.25, -0.2) is 0 Å². The first-order valence-corrected chi connectivity index (χ1v) is 7.17. The maximum atomic E-state index is 12.8. The molecule has 2 rings (SSSR count).